The van der Waals surface area contributed by atoms with Gasteiger partial charge in [0.15, 0.2) is 12.2 Å². The Balaban J connectivity index is 5.14. The zero-order valence-corrected chi connectivity index (χ0v) is 60.8. The number of phosphoric acid groups is 2. The van der Waals surface area contributed by atoms with E-state index in [-0.39, 0.29) is 25.7 Å². The Kier molecular flexibility index (Phi) is 64.0. The molecule has 0 saturated heterocycles. The van der Waals surface area contributed by atoms with Crippen LogP contribution in [-0.4, -0.2) is 96.7 Å². The first kappa shape index (κ1) is 89.1. The molecule has 91 heavy (non-hydrogen) atoms. The number of hydrogen-bond acceptors (Lipinski definition) is 15. The molecule has 0 radical (unpaired) electrons. The molecule has 540 valence electrons. The number of ether oxygens (including phenoxy) is 4. The summed E-state index contributed by atoms with van der Waals surface area (Å²) in [4.78, 5) is 72.4. The van der Waals surface area contributed by atoms with Crippen LogP contribution in [0.1, 0.15) is 375 Å². The number of aliphatic hydroxyl groups excluding tert-OH is 1. The average Bonchev–Trinajstić information content (AvgIpc) is 3.65. The number of unbranched alkanes of at least 4 members (excludes halogenated alkanes) is 44. The summed E-state index contributed by atoms with van der Waals surface area (Å²) < 4.78 is 68.2. The van der Waals surface area contributed by atoms with Gasteiger partial charge in [0.05, 0.1) is 26.4 Å². The highest BCUT2D eigenvalue weighted by Gasteiger charge is 2.30. The van der Waals surface area contributed by atoms with Crippen LogP contribution in [0.3, 0.4) is 0 Å². The summed E-state index contributed by atoms with van der Waals surface area (Å²) in [6.45, 7) is 7.21. The normalized spacial score (nSPS) is 14.0. The monoisotopic (exact) mass is 1340 g/mol. The van der Waals surface area contributed by atoms with Crippen molar-refractivity contribution in [3.8, 4) is 0 Å². The van der Waals surface area contributed by atoms with Crippen molar-refractivity contribution in [2.45, 2.75) is 393 Å². The Morgan fingerprint density at radius 2 is 0.505 bits per heavy atom. The van der Waals surface area contributed by atoms with E-state index in [2.05, 4.69) is 34.6 Å². The summed E-state index contributed by atoms with van der Waals surface area (Å²) in [7, 11) is -9.89. The van der Waals surface area contributed by atoms with Crippen molar-refractivity contribution in [1.29, 1.82) is 0 Å². The van der Waals surface area contributed by atoms with Crippen LogP contribution in [0.15, 0.2) is 0 Å². The van der Waals surface area contributed by atoms with E-state index in [0.29, 0.717) is 25.7 Å². The van der Waals surface area contributed by atoms with Gasteiger partial charge in [0.25, 0.3) is 0 Å². The van der Waals surface area contributed by atoms with Crippen LogP contribution in [0.5, 0.6) is 0 Å². The number of carbonyl (C=O) groups excluding carboxylic acids is 4. The summed E-state index contributed by atoms with van der Waals surface area (Å²) in [5, 5.41) is 10.6. The van der Waals surface area contributed by atoms with Gasteiger partial charge in [-0.2, -0.15) is 0 Å². The Morgan fingerprint density at radius 3 is 0.747 bits per heavy atom. The Bertz CT molecular complexity index is 1750. The van der Waals surface area contributed by atoms with E-state index in [1.165, 1.54) is 193 Å². The van der Waals surface area contributed by atoms with Gasteiger partial charge in [-0.25, -0.2) is 9.13 Å². The molecule has 0 bridgehead atoms. The fourth-order valence-corrected chi connectivity index (χ4v) is 12.6. The SMILES string of the molecule is CCCCCCCCCCCCCCCCC(=O)OC[C@H](COP(=O)(O)OC[C@@H](O)COP(=O)(O)OC[C@@H](COC(=O)CCCCCCC)OC(=O)CCCCCCCCCCCCCCCC)OC(=O)CCCCCCCCCCCCCCCCCC(C)C. The van der Waals surface area contributed by atoms with Crippen molar-refractivity contribution < 1.29 is 80.2 Å². The standard InChI is InChI=1S/C72H140O17P2/c1-6-9-12-15-17-19-21-23-29-33-37-41-46-51-56-70(75)83-62-68(89-72(77)58-53-48-43-39-35-31-27-25-26-28-32-36-40-45-49-54-65(4)5)64-87-91(80,81)85-60-66(73)59-84-90(78,79)86-63-67(61-82-69(74)55-50-44-14-11-8-3)88-71(76)57-52-47-42-38-34-30-24-22-20-18-16-13-10-7-2/h65-68,73H,6-64H2,1-5H3,(H,78,79)(H,80,81)/t66-,67+,68+/m0/s1. The van der Waals surface area contributed by atoms with Gasteiger partial charge in [0.2, 0.25) is 0 Å². The first-order chi connectivity index (χ1) is 44.0. The molecule has 0 spiro atoms. The molecule has 0 amide bonds. The van der Waals surface area contributed by atoms with E-state index in [9.17, 15) is 43.2 Å². The summed E-state index contributed by atoms with van der Waals surface area (Å²) in [6, 6.07) is 0. The topological polar surface area (TPSA) is 237 Å². The molecule has 0 heterocycles. The maximum atomic E-state index is 13.0. The molecule has 3 N–H and O–H groups in total. The second-order valence-electron chi connectivity index (χ2n) is 26.5. The second-order valence-corrected chi connectivity index (χ2v) is 29.4. The number of phosphoric ester groups is 2. The summed E-state index contributed by atoms with van der Waals surface area (Å²) in [5.74, 6) is -1.33. The molecule has 0 rings (SSSR count). The molecule has 0 fully saturated rings. The summed E-state index contributed by atoms with van der Waals surface area (Å²) >= 11 is 0. The van der Waals surface area contributed by atoms with E-state index in [1.54, 1.807) is 0 Å². The maximum absolute atomic E-state index is 13.0. The molecule has 2 unspecified atom stereocenters. The van der Waals surface area contributed by atoms with E-state index < -0.39 is 97.5 Å². The highest BCUT2D eigenvalue weighted by Crippen LogP contribution is 2.45. The molecular formula is C72H140O17P2. The Hall–Kier alpha value is -1.94. The molecule has 19 heteroatoms. The van der Waals surface area contributed by atoms with Crippen molar-refractivity contribution in [3.63, 3.8) is 0 Å². The smallest absolute Gasteiger partial charge is 0.462 e. The van der Waals surface area contributed by atoms with Crippen LogP contribution in [0.2, 0.25) is 0 Å². The molecule has 0 aromatic heterocycles. The number of carbonyl (C=O) groups is 4. The van der Waals surface area contributed by atoms with Gasteiger partial charge < -0.3 is 33.8 Å². The van der Waals surface area contributed by atoms with E-state index >= 15 is 0 Å². The van der Waals surface area contributed by atoms with Crippen molar-refractivity contribution in [2.75, 3.05) is 39.6 Å². The van der Waals surface area contributed by atoms with E-state index in [4.69, 9.17) is 37.0 Å². The summed E-state index contributed by atoms with van der Waals surface area (Å²) in [6.07, 6.45) is 53.0. The third-order valence-electron chi connectivity index (χ3n) is 16.8. The van der Waals surface area contributed by atoms with Crippen LogP contribution in [0, 0.1) is 5.92 Å². The molecule has 0 saturated carbocycles. The lowest BCUT2D eigenvalue weighted by Gasteiger charge is -2.21. The average molecular weight is 1340 g/mol. The predicted molar refractivity (Wildman–Crippen MR) is 368 cm³/mol. The molecule has 0 aliphatic rings. The first-order valence-electron chi connectivity index (χ1n) is 37.6. The lowest BCUT2D eigenvalue weighted by atomic mass is 10.0. The largest absolute Gasteiger partial charge is 0.472 e. The molecule has 17 nitrogen and oxygen atoms in total. The number of aliphatic hydroxyl groups is 1. The van der Waals surface area contributed by atoms with Gasteiger partial charge in [0.1, 0.15) is 19.3 Å². The highest BCUT2D eigenvalue weighted by molar-refractivity contribution is 7.47. The van der Waals surface area contributed by atoms with Crippen LogP contribution < -0.4 is 0 Å². The van der Waals surface area contributed by atoms with Crippen LogP contribution in [-0.2, 0) is 65.4 Å². The Labute approximate surface area is 556 Å². The van der Waals surface area contributed by atoms with Crippen molar-refractivity contribution in [2.24, 2.45) is 5.92 Å². The van der Waals surface area contributed by atoms with Crippen molar-refractivity contribution in [3.05, 3.63) is 0 Å². The maximum Gasteiger partial charge on any atom is 0.472 e. The third-order valence-corrected chi connectivity index (χ3v) is 18.7. The minimum atomic E-state index is -4.95. The van der Waals surface area contributed by atoms with Crippen molar-refractivity contribution in [1.82, 2.24) is 0 Å². The zero-order valence-electron chi connectivity index (χ0n) is 59.0. The highest BCUT2D eigenvalue weighted by atomic mass is 31.2. The van der Waals surface area contributed by atoms with Crippen LogP contribution in [0.25, 0.3) is 0 Å². The molecule has 5 atom stereocenters. The minimum absolute atomic E-state index is 0.107. The number of hydrogen-bond donors (Lipinski definition) is 3. The molecule has 0 aromatic rings. The quantitative estimate of drug-likeness (QED) is 0.0222. The lowest BCUT2D eigenvalue weighted by Crippen LogP contribution is -2.30. The lowest BCUT2D eigenvalue weighted by molar-refractivity contribution is -0.161. The van der Waals surface area contributed by atoms with Crippen molar-refractivity contribution >= 4 is 39.5 Å². The Morgan fingerprint density at radius 1 is 0.297 bits per heavy atom. The van der Waals surface area contributed by atoms with E-state index in [0.717, 1.165) is 102 Å². The molecule has 0 aliphatic heterocycles. The van der Waals surface area contributed by atoms with Crippen LogP contribution >= 0.6 is 15.6 Å². The predicted octanol–water partition coefficient (Wildman–Crippen LogP) is 20.9. The number of esters is 4. The minimum Gasteiger partial charge on any atom is -0.462 e. The molecule has 0 aromatic carbocycles. The van der Waals surface area contributed by atoms with Gasteiger partial charge in [-0.05, 0) is 31.6 Å². The fourth-order valence-electron chi connectivity index (χ4n) is 11.0. The van der Waals surface area contributed by atoms with Gasteiger partial charge in [-0.15, -0.1) is 0 Å². The molecular weight excluding hydrogens is 1200 g/mol. The van der Waals surface area contributed by atoms with Gasteiger partial charge >= 0.3 is 39.5 Å². The molecule has 0 aliphatic carbocycles. The van der Waals surface area contributed by atoms with Gasteiger partial charge in [-0.3, -0.25) is 37.3 Å². The van der Waals surface area contributed by atoms with E-state index in [1.807, 2.05) is 0 Å². The first-order valence-corrected chi connectivity index (χ1v) is 40.6. The van der Waals surface area contributed by atoms with Gasteiger partial charge in [-0.1, -0.05) is 324 Å². The fraction of sp³-hybridized carbons (Fsp3) is 0.944. The zero-order chi connectivity index (χ0) is 67.0. The van der Waals surface area contributed by atoms with Gasteiger partial charge in [0, 0.05) is 25.7 Å². The summed E-state index contributed by atoms with van der Waals surface area (Å²) in [5.41, 5.74) is 0. The second kappa shape index (κ2) is 65.4. The number of rotatable bonds is 72. The van der Waals surface area contributed by atoms with Crippen LogP contribution in [0.4, 0.5) is 0 Å². The third kappa shape index (κ3) is 66.5.